The summed E-state index contributed by atoms with van der Waals surface area (Å²) in [5.41, 5.74) is 5.64. The van der Waals surface area contributed by atoms with Crippen LogP contribution in [0.4, 0.5) is 5.69 Å². The summed E-state index contributed by atoms with van der Waals surface area (Å²) in [6.45, 7) is 5.10. The molecule has 0 spiro atoms. The van der Waals surface area contributed by atoms with Crippen LogP contribution in [0.2, 0.25) is 0 Å². The van der Waals surface area contributed by atoms with E-state index >= 15 is 0 Å². The summed E-state index contributed by atoms with van der Waals surface area (Å²) in [5.74, 6) is 1.61. The predicted molar refractivity (Wildman–Crippen MR) is 168 cm³/mol. The van der Waals surface area contributed by atoms with E-state index in [0.29, 0.717) is 28.1 Å². The fourth-order valence-corrected chi connectivity index (χ4v) is 6.68. The van der Waals surface area contributed by atoms with Crippen LogP contribution in [-0.2, 0) is 0 Å². The molecule has 9 heteroatoms. The molecule has 0 bridgehead atoms. The van der Waals surface area contributed by atoms with Crippen molar-refractivity contribution in [3.05, 3.63) is 136 Å². The molecule has 1 aromatic heterocycles. The van der Waals surface area contributed by atoms with E-state index in [1.54, 1.807) is 22.8 Å². The zero-order chi connectivity index (χ0) is 29.9. The van der Waals surface area contributed by atoms with Crippen LogP contribution in [0.3, 0.4) is 0 Å². The van der Waals surface area contributed by atoms with Crippen molar-refractivity contribution >= 4 is 29.2 Å². The SMILES string of the molecule is CCOc1ccc(/C=C2/CCCC3=C2N=c2s/c(=C/c4cccc([N+](=O)[O-])c4)c(=O)n2C3c2ccc(OCC)cc2)cc1. The maximum Gasteiger partial charge on any atom is 0.271 e. The lowest BCUT2D eigenvalue weighted by atomic mass is 9.84. The predicted octanol–water partition coefficient (Wildman–Crippen LogP) is 6.19. The topological polar surface area (TPSA) is 96.0 Å². The van der Waals surface area contributed by atoms with Crippen molar-refractivity contribution < 1.29 is 14.4 Å². The minimum absolute atomic E-state index is 0.0201. The third kappa shape index (κ3) is 5.81. The Morgan fingerprint density at radius 2 is 1.65 bits per heavy atom. The fourth-order valence-electron chi connectivity index (χ4n) is 5.68. The third-order valence-electron chi connectivity index (χ3n) is 7.55. The van der Waals surface area contributed by atoms with Gasteiger partial charge in [0.1, 0.15) is 11.5 Å². The molecule has 218 valence electrons. The Hall–Kier alpha value is -4.76. The lowest BCUT2D eigenvalue weighted by Crippen LogP contribution is -2.39. The Morgan fingerprint density at radius 1 is 0.953 bits per heavy atom. The highest BCUT2D eigenvalue weighted by atomic mass is 32.1. The first-order valence-corrected chi connectivity index (χ1v) is 15.2. The summed E-state index contributed by atoms with van der Waals surface area (Å²) < 4.78 is 13.6. The number of nitro benzene ring substituents is 1. The highest BCUT2D eigenvalue weighted by Gasteiger charge is 2.32. The van der Waals surface area contributed by atoms with E-state index in [1.165, 1.54) is 23.5 Å². The Labute approximate surface area is 252 Å². The van der Waals surface area contributed by atoms with Crippen LogP contribution in [0, 0.1) is 10.1 Å². The molecule has 0 radical (unpaired) electrons. The van der Waals surface area contributed by atoms with Gasteiger partial charge in [-0.15, -0.1) is 0 Å². The van der Waals surface area contributed by atoms with Crippen LogP contribution in [0.25, 0.3) is 12.2 Å². The molecule has 43 heavy (non-hydrogen) atoms. The van der Waals surface area contributed by atoms with Gasteiger partial charge < -0.3 is 9.47 Å². The van der Waals surface area contributed by atoms with Crippen molar-refractivity contribution in [3.63, 3.8) is 0 Å². The van der Waals surface area contributed by atoms with Crippen LogP contribution < -0.4 is 24.4 Å². The van der Waals surface area contributed by atoms with Gasteiger partial charge in [-0.05, 0) is 97.4 Å². The second-order valence-electron chi connectivity index (χ2n) is 10.3. The number of rotatable bonds is 8. The average Bonchev–Trinajstić information content (AvgIpc) is 3.32. The Morgan fingerprint density at radius 3 is 2.33 bits per heavy atom. The van der Waals surface area contributed by atoms with Gasteiger partial charge in [-0.3, -0.25) is 19.5 Å². The number of non-ortho nitro benzene ring substituents is 1. The zero-order valence-corrected chi connectivity index (χ0v) is 24.8. The Kier molecular flexibility index (Phi) is 8.07. The number of fused-ring (bicyclic) bond motifs is 1. The van der Waals surface area contributed by atoms with Gasteiger partial charge in [0.15, 0.2) is 4.80 Å². The fraction of sp³-hybridized carbons (Fsp3) is 0.235. The molecule has 2 aliphatic rings. The third-order valence-corrected chi connectivity index (χ3v) is 8.53. The standard InChI is InChI=1S/C34H31N3O5S/c1-3-41-27-15-11-22(12-16-27)19-25-8-6-10-29-31(25)35-34-36(32(29)24-13-17-28(18-14-24)42-4-2)33(38)30(43-34)21-23-7-5-9-26(20-23)37(39)40/h5,7,9,11-21,32H,3-4,6,8,10H2,1-2H3/b25-19-,30-21+. The van der Waals surface area contributed by atoms with Crippen LogP contribution in [0.1, 0.15) is 55.8 Å². The summed E-state index contributed by atoms with van der Waals surface area (Å²) >= 11 is 1.31. The molecule has 0 saturated carbocycles. The van der Waals surface area contributed by atoms with Gasteiger partial charge in [0, 0.05) is 12.1 Å². The molecule has 2 heterocycles. The Bertz CT molecular complexity index is 1920. The van der Waals surface area contributed by atoms with Gasteiger partial charge in [-0.25, -0.2) is 4.99 Å². The van der Waals surface area contributed by atoms with E-state index in [9.17, 15) is 14.9 Å². The van der Waals surface area contributed by atoms with Crippen molar-refractivity contribution in [2.75, 3.05) is 13.2 Å². The van der Waals surface area contributed by atoms with Crippen LogP contribution in [-0.4, -0.2) is 22.7 Å². The number of aromatic nitrogens is 1. The largest absolute Gasteiger partial charge is 0.494 e. The summed E-state index contributed by atoms with van der Waals surface area (Å²) in [4.78, 5) is 30.6. The van der Waals surface area contributed by atoms with Crippen molar-refractivity contribution in [1.82, 2.24) is 4.57 Å². The number of benzene rings is 3. The van der Waals surface area contributed by atoms with Gasteiger partial charge in [0.2, 0.25) is 0 Å². The van der Waals surface area contributed by atoms with Crippen molar-refractivity contribution in [1.29, 1.82) is 0 Å². The summed E-state index contributed by atoms with van der Waals surface area (Å²) in [6, 6.07) is 22.0. The molecule has 4 aromatic rings. The van der Waals surface area contributed by atoms with Crippen LogP contribution in [0.15, 0.2) is 99.4 Å². The summed E-state index contributed by atoms with van der Waals surface area (Å²) in [6.07, 6.45) is 6.55. The molecule has 1 aliphatic carbocycles. The number of allylic oxidation sites excluding steroid dienone is 2. The van der Waals surface area contributed by atoms with Gasteiger partial charge in [-0.2, -0.15) is 0 Å². The number of hydrogen-bond acceptors (Lipinski definition) is 7. The van der Waals surface area contributed by atoms with E-state index in [-0.39, 0.29) is 17.3 Å². The molecule has 0 N–H and O–H groups in total. The second-order valence-corrected chi connectivity index (χ2v) is 11.3. The summed E-state index contributed by atoms with van der Waals surface area (Å²) in [5, 5.41) is 11.3. The molecule has 0 saturated heterocycles. The number of nitro groups is 1. The Balaban J connectivity index is 1.51. The number of hydrogen-bond donors (Lipinski definition) is 0. The highest BCUT2D eigenvalue weighted by Crippen LogP contribution is 2.41. The molecule has 1 unspecified atom stereocenters. The van der Waals surface area contributed by atoms with Crippen LogP contribution >= 0.6 is 11.3 Å². The molecular weight excluding hydrogens is 562 g/mol. The first-order chi connectivity index (χ1) is 20.9. The molecule has 8 nitrogen and oxygen atoms in total. The first-order valence-electron chi connectivity index (χ1n) is 14.4. The number of thiazole rings is 1. The maximum absolute atomic E-state index is 14.0. The first kappa shape index (κ1) is 28.4. The minimum atomic E-state index is -0.433. The van der Waals surface area contributed by atoms with Crippen molar-refractivity contribution in [2.24, 2.45) is 4.99 Å². The lowest BCUT2D eigenvalue weighted by molar-refractivity contribution is -0.384. The second kappa shape index (κ2) is 12.2. The molecule has 3 aromatic carbocycles. The van der Waals surface area contributed by atoms with E-state index in [2.05, 4.69) is 6.08 Å². The highest BCUT2D eigenvalue weighted by molar-refractivity contribution is 7.07. The average molecular weight is 594 g/mol. The molecule has 0 amide bonds. The van der Waals surface area contributed by atoms with Gasteiger partial charge in [0.25, 0.3) is 11.2 Å². The van der Waals surface area contributed by atoms with Gasteiger partial charge >= 0.3 is 0 Å². The van der Waals surface area contributed by atoms with E-state index in [4.69, 9.17) is 14.5 Å². The van der Waals surface area contributed by atoms with Crippen molar-refractivity contribution in [3.8, 4) is 11.5 Å². The minimum Gasteiger partial charge on any atom is -0.494 e. The molecular formula is C34H31N3O5S. The van der Waals surface area contributed by atoms with E-state index in [0.717, 1.165) is 58.7 Å². The molecule has 1 aliphatic heterocycles. The lowest BCUT2D eigenvalue weighted by Gasteiger charge is -2.31. The monoisotopic (exact) mass is 593 g/mol. The van der Waals surface area contributed by atoms with Gasteiger partial charge in [-0.1, -0.05) is 47.7 Å². The van der Waals surface area contributed by atoms with Gasteiger partial charge in [0.05, 0.1) is 34.4 Å². The maximum atomic E-state index is 14.0. The molecule has 6 rings (SSSR count). The molecule has 1 atom stereocenters. The number of nitrogens with zero attached hydrogens (tertiary/aromatic N) is 3. The quantitative estimate of drug-likeness (QED) is 0.179. The smallest absolute Gasteiger partial charge is 0.271 e. The van der Waals surface area contributed by atoms with E-state index < -0.39 is 4.92 Å². The van der Waals surface area contributed by atoms with Crippen LogP contribution in [0.5, 0.6) is 11.5 Å². The summed E-state index contributed by atoms with van der Waals surface area (Å²) in [7, 11) is 0. The number of ether oxygens (including phenoxy) is 2. The van der Waals surface area contributed by atoms with Crippen molar-refractivity contribution in [2.45, 2.75) is 39.2 Å². The normalized spacial score (nSPS) is 17.3. The molecule has 0 fully saturated rings. The van der Waals surface area contributed by atoms with E-state index in [1.807, 2.05) is 62.4 Å². The zero-order valence-electron chi connectivity index (χ0n) is 24.0.